The summed E-state index contributed by atoms with van der Waals surface area (Å²) in [6.07, 6.45) is 1.60. The number of carbonyl (C=O) groups excluding carboxylic acids is 2. The van der Waals surface area contributed by atoms with Gasteiger partial charge in [-0.15, -0.1) is 0 Å². The van der Waals surface area contributed by atoms with E-state index in [0.717, 1.165) is 5.69 Å². The highest BCUT2D eigenvalue weighted by molar-refractivity contribution is 5.96. The summed E-state index contributed by atoms with van der Waals surface area (Å²) in [7, 11) is 0. The molecule has 0 aromatic carbocycles. The number of carbonyl (C=O) groups is 2. The van der Waals surface area contributed by atoms with Gasteiger partial charge in [0.15, 0.2) is 5.65 Å². The lowest BCUT2D eigenvalue weighted by Gasteiger charge is -2.26. The number of hydrogen-bond acceptors (Lipinski definition) is 4. The minimum Gasteiger partial charge on any atom is -0.353 e. The van der Waals surface area contributed by atoms with Gasteiger partial charge in [-0.2, -0.15) is 5.10 Å². The van der Waals surface area contributed by atoms with E-state index in [2.05, 4.69) is 15.4 Å². The molecule has 0 saturated carbocycles. The van der Waals surface area contributed by atoms with Crippen molar-refractivity contribution in [2.45, 2.75) is 6.92 Å². The summed E-state index contributed by atoms with van der Waals surface area (Å²) in [5, 5.41) is 6.80. The van der Waals surface area contributed by atoms with E-state index in [0.29, 0.717) is 24.4 Å². The second kappa shape index (κ2) is 4.34. The predicted molar refractivity (Wildman–Crippen MR) is 66.6 cm³/mol. The topological polar surface area (TPSA) is 79.6 Å². The molecule has 1 fully saturated rings. The van der Waals surface area contributed by atoms with Crippen molar-refractivity contribution in [3.63, 3.8) is 0 Å². The van der Waals surface area contributed by atoms with Crippen LogP contribution in [0.5, 0.6) is 0 Å². The maximum atomic E-state index is 12.5. The molecule has 2 aromatic rings. The molecule has 3 rings (SSSR count). The molecule has 0 spiro atoms. The Labute approximate surface area is 109 Å². The first-order valence-corrected chi connectivity index (χ1v) is 6.02. The Hall–Kier alpha value is -2.44. The number of piperazine rings is 1. The van der Waals surface area contributed by atoms with Crippen LogP contribution in [0.25, 0.3) is 5.65 Å². The van der Waals surface area contributed by atoms with Crippen LogP contribution in [0.15, 0.2) is 18.3 Å². The fourth-order valence-corrected chi connectivity index (χ4v) is 2.16. The number of hydrogen-bond donors (Lipinski definition) is 1. The number of nitrogens with zero attached hydrogens (tertiary/aromatic N) is 4. The first kappa shape index (κ1) is 11.6. The molecule has 1 saturated heterocycles. The Bertz CT molecular complexity index is 663. The Morgan fingerprint density at radius 2 is 2.32 bits per heavy atom. The zero-order valence-corrected chi connectivity index (χ0v) is 10.5. The van der Waals surface area contributed by atoms with Gasteiger partial charge in [0, 0.05) is 24.8 Å². The monoisotopic (exact) mass is 259 g/mol. The van der Waals surface area contributed by atoms with Crippen LogP contribution in [0.4, 0.5) is 0 Å². The van der Waals surface area contributed by atoms with Gasteiger partial charge in [0.2, 0.25) is 5.91 Å². The highest BCUT2D eigenvalue weighted by atomic mass is 16.2. The highest BCUT2D eigenvalue weighted by Crippen LogP contribution is 2.10. The SMILES string of the molecule is Cc1cc(C(=O)N2CCNC(=O)C2)n2nccc2n1. The van der Waals surface area contributed by atoms with E-state index in [-0.39, 0.29) is 18.4 Å². The van der Waals surface area contributed by atoms with Gasteiger partial charge in [0.05, 0.1) is 12.7 Å². The lowest BCUT2D eigenvalue weighted by Crippen LogP contribution is -2.50. The van der Waals surface area contributed by atoms with E-state index >= 15 is 0 Å². The predicted octanol–water partition coefficient (Wildman–Crippen LogP) is -0.390. The second-order valence-electron chi connectivity index (χ2n) is 4.46. The fraction of sp³-hybridized carbons (Fsp3) is 0.333. The summed E-state index contributed by atoms with van der Waals surface area (Å²) in [6.45, 7) is 2.90. The maximum absolute atomic E-state index is 12.5. The lowest BCUT2D eigenvalue weighted by molar-refractivity contribution is -0.123. The van der Waals surface area contributed by atoms with E-state index in [1.165, 1.54) is 9.42 Å². The Morgan fingerprint density at radius 3 is 3.11 bits per heavy atom. The molecule has 7 heteroatoms. The van der Waals surface area contributed by atoms with E-state index in [9.17, 15) is 9.59 Å². The minimum absolute atomic E-state index is 0.0863. The summed E-state index contributed by atoms with van der Waals surface area (Å²) in [6, 6.07) is 3.43. The van der Waals surface area contributed by atoms with Crippen LogP contribution < -0.4 is 5.32 Å². The van der Waals surface area contributed by atoms with Crippen molar-refractivity contribution in [3.05, 3.63) is 29.7 Å². The quantitative estimate of drug-likeness (QED) is 0.756. The number of rotatable bonds is 1. The zero-order chi connectivity index (χ0) is 13.4. The Kier molecular flexibility index (Phi) is 2.66. The van der Waals surface area contributed by atoms with Crippen LogP contribution in [-0.2, 0) is 4.79 Å². The molecule has 2 amide bonds. The standard InChI is InChI=1S/C12H13N5O2/c1-8-6-9(17-10(15-8)2-3-14-17)12(19)16-5-4-13-11(18)7-16/h2-3,6H,4-5,7H2,1H3,(H,13,18). The number of fused-ring (bicyclic) bond motifs is 1. The van der Waals surface area contributed by atoms with Crippen molar-refractivity contribution in [1.82, 2.24) is 24.8 Å². The summed E-state index contributed by atoms with van der Waals surface area (Å²) in [4.78, 5) is 29.6. The Balaban J connectivity index is 2.01. The number of nitrogens with one attached hydrogen (secondary N) is 1. The molecule has 0 radical (unpaired) electrons. The number of aryl methyl sites for hydroxylation is 1. The van der Waals surface area contributed by atoms with E-state index < -0.39 is 0 Å². The van der Waals surface area contributed by atoms with Crippen molar-refractivity contribution in [2.24, 2.45) is 0 Å². The van der Waals surface area contributed by atoms with Gasteiger partial charge in [-0.3, -0.25) is 9.59 Å². The molecule has 0 atom stereocenters. The molecule has 0 aliphatic carbocycles. The molecule has 7 nitrogen and oxygen atoms in total. The first-order chi connectivity index (χ1) is 9.15. The fourth-order valence-electron chi connectivity index (χ4n) is 2.16. The maximum Gasteiger partial charge on any atom is 0.273 e. The minimum atomic E-state index is -0.200. The van der Waals surface area contributed by atoms with Crippen molar-refractivity contribution in [2.75, 3.05) is 19.6 Å². The molecule has 0 unspecified atom stereocenters. The highest BCUT2D eigenvalue weighted by Gasteiger charge is 2.24. The number of amides is 2. The van der Waals surface area contributed by atoms with Crippen LogP contribution in [0.3, 0.4) is 0 Å². The Morgan fingerprint density at radius 1 is 1.47 bits per heavy atom. The molecule has 1 N–H and O–H groups in total. The molecule has 98 valence electrons. The average molecular weight is 259 g/mol. The third kappa shape index (κ3) is 2.03. The average Bonchev–Trinajstić information content (AvgIpc) is 2.85. The van der Waals surface area contributed by atoms with E-state index in [1.54, 1.807) is 18.3 Å². The van der Waals surface area contributed by atoms with E-state index in [1.807, 2.05) is 6.92 Å². The molecule has 2 aromatic heterocycles. The van der Waals surface area contributed by atoms with E-state index in [4.69, 9.17) is 0 Å². The van der Waals surface area contributed by atoms with Crippen LogP contribution in [0, 0.1) is 6.92 Å². The van der Waals surface area contributed by atoms with Crippen molar-refractivity contribution in [3.8, 4) is 0 Å². The molecule has 1 aliphatic rings. The summed E-state index contributed by atoms with van der Waals surface area (Å²) in [5.74, 6) is -0.337. The summed E-state index contributed by atoms with van der Waals surface area (Å²) < 4.78 is 1.50. The molecule has 1 aliphatic heterocycles. The lowest BCUT2D eigenvalue weighted by atomic mass is 10.2. The normalized spacial score (nSPS) is 15.6. The smallest absolute Gasteiger partial charge is 0.273 e. The van der Waals surface area contributed by atoms with Crippen molar-refractivity contribution >= 4 is 17.5 Å². The van der Waals surface area contributed by atoms with Crippen LogP contribution in [0.2, 0.25) is 0 Å². The van der Waals surface area contributed by atoms with Gasteiger partial charge < -0.3 is 10.2 Å². The molecule has 3 heterocycles. The van der Waals surface area contributed by atoms with Gasteiger partial charge in [0.1, 0.15) is 5.69 Å². The third-order valence-electron chi connectivity index (χ3n) is 3.03. The summed E-state index contributed by atoms with van der Waals surface area (Å²) in [5.41, 5.74) is 1.81. The largest absolute Gasteiger partial charge is 0.353 e. The van der Waals surface area contributed by atoms with Crippen LogP contribution in [-0.4, -0.2) is 50.9 Å². The van der Waals surface area contributed by atoms with Gasteiger partial charge in [0.25, 0.3) is 5.91 Å². The third-order valence-corrected chi connectivity index (χ3v) is 3.03. The van der Waals surface area contributed by atoms with Crippen LogP contribution in [0.1, 0.15) is 16.2 Å². The molecular formula is C12H13N5O2. The van der Waals surface area contributed by atoms with Gasteiger partial charge >= 0.3 is 0 Å². The van der Waals surface area contributed by atoms with Crippen molar-refractivity contribution < 1.29 is 9.59 Å². The van der Waals surface area contributed by atoms with Gasteiger partial charge in [-0.25, -0.2) is 9.50 Å². The van der Waals surface area contributed by atoms with Gasteiger partial charge in [-0.1, -0.05) is 0 Å². The van der Waals surface area contributed by atoms with Crippen LogP contribution >= 0.6 is 0 Å². The summed E-state index contributed by atoms with van der Waals surface area (Å²) >= 11 is 0. The first-order valence-electron chi connectivity index (χ1n) is 6.02. The number of aromatic nitrogens is 3. The van der Waals surface area contributed by atoms with Gasteiger partial charge in [-0.05, 0) is 13.0 Å². The molecule has 19 heavy (non-hydrogen) atoms. The zero-order valence-electron chi connectivity index (χ0n) is 10.5. The molecule has 0 bridgehead atoms. The second-order valence-corrected chi connectivity index (χ2v) is 4.46. The van der Waals surface area contributed by atoms with Crippen molar-refractivity contribution in [1.29, 1.82) is 0 Å². The molecular weight excluding hydrogens is 246 g/mol.